The molecule has 8 nitrogen and oxygen atoms in total. The SMILES string of the molecule is Cc1cccc(C2(Cn3cc(O)c(=O)c(C(=O)NCc4cnn(-c5ccc(F)cc5)c4)n3)CCCC2)c1. The quantitative estimate of drug-likeness (QED) is 0.398. The summed E-state index contributed by atoms with van der Waals surface area (Å²) in [4.78, 5) is 25.5. The highest BCUT2D eigenvalue weighted by Crippen LogP contribution is 2.42. The molecule has 9 heteroatoms. The van der Waals surface area contributed by atoms with Gasteiger partial charge in [0.15, 0.2) is 11.4 Å². The first-order chi connectivity index (χ1) is 17.8. The molecule has 0 unspecified atom stereocenters. The van der Waals surface area contributed by atoms with Gasteiger partial charge in [-0.2, -0.15) is 10.2 Å². The second-order valence-corrected chi connectivity index (χ2v) is 9.70. The molecule has 0 spiro atoms. The van der Waals surface area contributed by atoms with E-state index in [1.54, 1.807) is 29.2 Å². The van der Waals surface area contributed by atoms with Gasteiger partial charge < -0.3 is 10.4 Å². The van der Waals surface area contributed by atoms with Gasteiger partial charge in [-0.3, -0.25) is 14.3 Å². The van der Waals surface area contributed by atoms with Gasteiger partial charge in [0, 0.05) is 23.7 Å². The maximum Gasteiger partial charge on any atom is 0.276 e. The van der Waals surface area contributed by atoms with Crippen LogP contribution in [0.4, 0.5) is 4.39 Å². The molecule has 1 fully saturated rings. The second-order valence-electron chi connectivity index (χ2n) is 9.70. The molecule has 5 rings (SSSR count). The van der Waals surface area contributed by atoms with E-state index < -0.39 is 17.1 Å². The summed E-state index contributed by atoms with van der Waals surface area (Å²) in [5.74, 6) is -1.53. The molecule has 37 heavy (non-hydrogen) atoms. The van der Waals surface area contributed by atoms with Gasteiger partial charge in [0.05, 0.1) is 24.6 Å². The zero-order valence-electron chi connectivity index (χ0n) is 20.5. The fourth-order valence-corrected chi connectivity index (χ4v) is 5.08. The number of hydrogen-bond acceptors (Lipinski definition) is 5. The van der Waals surface area contributed by atoms with Gasteiger partial charge in [0.2, 0.25) is 0 Å². The minimum atomic E-state index is -0.813. The maximum absolute atomic E-state index is 13.2. The normalized spacial score (nSPS) is 14.5. The highest BCUT2D eigenvalue weighted by atomic mass is 19.1. The molecule has 190 valence electrons. The van der Waals surface area contributed by atoms with Crippen LogP contribution < -0.4 is 10.7 Å². The van der Waals surface area contributed by atoms with Gasteiger partial charge in [-0.25, -0.2) is 9.07 Å². The van der Waals surface area contributed by atoms with Gasteiger partial charge in [-0.05, 0) is 49.6 Å². The summed E-state index contributed by atoms with van der Waals surface area (Å²) in [6.07, 6.45) is 8.67. The van der Waals surface area contributed by atoms with Crippen molar-refractivity contribution < 1.29 is 14.3 Å². The standard InChI is InChI=1S/C28H28FN5O3/c1-19-5-4-6-21(13-19)28(11-2-3-12-28)18-33-17-24(35)26(36)25(32-33)27(37)30-14-20-15-31-34(16-20)23-9-7-22(29)8-10-23/h4-10,13,15-17,35H,2-3,11-12,14,18H2,1H3,(H,30,37). The third-order valence-electron chi connectivity index (χ3n) is 7.00. The lowest BCUT2D eigenvalue weighted by Crippen LogP contribution is -2.34. The topological polar surface area (TPSA) is 102 Å². The second kappa shape index (κ2) is 10.0. The van der Waals surface area contributed by atoms with Crippen molar-refractivity contribution in [2.75, 3.05) is 0 Å². The van der Waals surface area contributed by atoms with Crippen molar-refractivity contribution >= 4 is 5.91 Å². The Hall–Kier alpha value is -4.27. The van der Waals surface area contributed by atoms with Crippen LogP contribution in [-0.4, -0.2) is 30.6 Å². The number of hydrogen-bond donors (Lipinski definition) is 2. The van der Waals surface area contributed by atoms with Gasteiger partial charge in [0.25, 0.3) is 11.3 Å². The molecule has 4 aromatic rings. The summed E-state index contributed by atoms with van der Waals surface area (Å²) >= 11 is 0. The van der Waals surface area contributed by atoms with E-state index in [2.05, 4.69) is 40.6 Å². The van der Waals surface area contributed by atoms with Crippen molar-refractivity contribution in [2.45, 2.75) is 51.1 Å². The zero-order chi connectivity index (χ0) is 26.0. The number of halogens is 1. The van der Waals surface area contributed by atoms with Crippen molar-refractivity contribution in [1.29, 1.82) is 0 Å². The van der Waals surface area contributed by atoms with Gasteiger partial charge >= 0.3 is 0 Å². The van der Waals surface area contributed by atoms with Gasteiger partial charge in [-0.1, -0.05) is 42.7 Å². The molecule has 1 aliphatic rings. The van der Waals surface area contributed by atoms with Crippen LogP contribution in [0.3, 0.4) is 0 Å². The van der Waals surface area contributed by atoms with Crippen LogP contribution in [0.1, 0.15) is 52.9 Å². The molecule has 0 saturated heterocycles. The molecule has 1 amide bonds. The Morgan fingerprint density at radius 2 is 1.89 bits per heavy atom. The van der Waals surface area contributed by atoms with Crippen LogP contribution in [0.5, 0.6) is 5.75 Å². The molecular formula is C28H28FN5O3. The Bertz CT molecular complexity index is 1490. The number of aromatic nitrogens is 4. The van der Waals surface area contributed by atoms with Crippen molar-refractivity contribution in [3.05, 3.63) is 106 Å². The molecule has 0 radical (unpaired) electrons. The lowest BCUT2D eigenvalue weighted by molar-refractivity contribution is 0.0940. The Morgan fingerprint density at radius 3 is 2.62 bits per heavy atom. The Kier molecular flexibility index (Phi) is 6.60. The number of aromatic hydroxyl groups is 1. The van der Waals surface area contributed by atoms with Crippen LogP contribution in [-0.2, 0) is 18.5 Å². The molecular weight excluding hydrogens is 473 g/mol. The third kappa shape index (κ3) is 5.16. The Morgan fingerprint density at radius 1 is 1.14 bits per heavy atom. The fraction of sp³-hybridized carbons (Fsp3) is 0.286. The predicted molar refractivity (Wildman–Crippen MR) is 136 cm³/mol. The highest BCUT2D eigenvalue weighted by Gasteiger charge is 2.36. The first-order valence-electron chi connectivity index (χ1n) is 12.3. The minimum absolute atomic E-state index is 0.101. The lowest BCUT2D eigenvalue weighted by Gasteiger charge is -2.30. The number of benzene rings is 2. The van der Waals surface area contributed by atoms with Crippen LogP contribution >= 0.6 is 0 Å². The number of carbonyl (C=O) groups excluding carboxylic acids is 1. The van der Waals surface area contributed by atoms with E-state index in [9.17, 15) is 19.1 Å². The number of nitrogens with zero attached hydrogens (tertiary/aromatic N) is 4. The Labute approximate surface area is 213 Å². The van der Waals surface area contributed by atoms with E-state index in [1.807, 2.05) is 6.07 Å². The van der Waals surface area contributed by atoms with Crippen molar-refractivity contribution in [2.24, 2.45) is 0 Å². The van der Waals surface area contributed by atoms with Crippen LogP contribution in [0, 0.1) is 12.7 Å². The van der Waals surface area contributed by atoms with E-state index in [-0.39, 0.29) is 23.5 Å². The molecule has 1 saturated carbocycles. The highest BCUT2D eigenvalue weighted by molar-refractivity contribution is 5.92. The lowest BCUT2D eigenvalue weighted by atomic mass is 9.78. The average molecular weight is 502 g/mol. The Balaban J connectivity index is 1.34. The first-order valence-corrected chi connectivity index (χ1v) is 12.3. The molecule has 0 aliphatic heterocycles. The minimum Gasteiger partial charge on any atom is -0.503 e. The smallest absolute Gasteiger partial charge is 0.276 e. The molecule has 2 N–H and O–H groups in total. The number of carbonyl (C=O) groups is 1. The zero-order valence-corrected chi connectivity index (χ0v) is 20.5. The third-order valence-corrected chi connectivity index (χ3v) is 7.00. The van der Waals surface area contributed by atoms with Crippen molar-refractivity contribution in [3.63, 3.8) is 0 Å². The molecule has 2 aromatic carbocycles. The number of rotatable bonds is 7. The molecule has 2 heterocycles. The first kappa shape index (κ1) is 24.4. The molecule has 0 atom stereocenters. The van der Waals surface area contributed by atoms with Crippen molar-refractivity contribution in [1.82, 2.24) is 24.9 Å². The number of aryl methyl sites for hydroxylation is 1. The van der Waals surface area contributed by atoms with Crippen LogP contribution in [0.2, 0.25) is 0 Å². The monoisotopic (exact) mass is 501 g/mol. The molecule has 1 aliphatic carbocycles. The average Bonchev–Trinajstić information content (AvgIpc) is 3.56. The fourth-order valence-electron chi connectivity index (χ4n) is 5.08. The van der Waals surface area contributed by atoms with E-state index in [1.165, 1.54) is 34.1 Å². The summed E-state index contributed by atoms with van der Waals surface area (Å²) in [5, 5.41) is 21.6. The van der Waals surface area contributed by atoms with E-state index in [4.69, 9.17) is 0 Å². The summed E-state index contributed by atoms with van der Waals surface area (Å²) in [5.41, 5.74) is 2.38. The molecule has 2 aromatic heterocycles. The van der Waals surface area contributed by atoms with E-state index in [0.29, 0.717) is 17.8 Å². The van der Waals surface area contributed by atoms with Crippen LogP contribution in [0.25, 0.3) is 5.69 Å². The van der Waals surface area contributed by atoms with E-state index >= 15 is 0 Å². The van der Waals surface area contributed by atoms with Gasteiger partial charge in [0.1, 0.15) is 5.82 Å². The molecule has 0 bridgehead atoms. The van der Waals surface area contributed by atoms with Crippen molar-refractivity contribution in [3.8, 4) is 11.4 Å². The van der Waals surface area contributed by atoms with E-state index in [0.717, 1.165) is 25.7 Å². The number of nitrogens with one attached hydrogen (secondary N) is 1. The van der Waals surface area contributed by atoms with Gasteiger partial charge in [-0.15, -0.1) is 0 Å². The summed E-state index contributed by atoms with van der Waals surface area (Å²) in [6.45, 7) is 2.61. The largest absolute Gasteiger partial charge is 0.503 e. The van der Waals surface area contributed by atoms with Crippen LogP contribution in [0.15, 0.2) is 71.9 Å². The maximum atomic E-state index is 13.2. The predicted octanol–water partition coefficient (Wildman–Crippen LogP) is 4.02. The summed E-state index contributed by atoms with van der Waals surface area (Å²) in [7, 11) is 0. The summed E-state index contributed by atoms with van der Waals surface area (Å²) in [6, 6.07) is 14.3. The number of amides is 1. The summed E-state index contributed by atoms with van der Waals surface area (Å²) < 4.78 is 16.3.